The maximum absolute atomic E-state index is 10.4. The maximum Gasteiger partial charge on any atom is 0.469 e. The summed E-state index contributed by atoms with van der Waals surface area (Å²) in [4.78, 5) is 17.0. The monoisotopic (exact) mass is 220 g/mol. The Hall–Kier alpha value is 0.175. The molecule has 0 saturated carbocycles. The van der Waals surface area contributed by atoms with Gasteiger partial charge in [-0.25, -0.2) is 4.57 Å². The molecule has 2 N–H and O–H groups in total. The molecule has 2 radical (unpaired) electrons. The second-order valence-corrected chi connectivity index (χ2v) is 4.88. The molecular weight excluding hydrogens is 202 g/mol. The molecule has 0 saturated heterocycles. The van der Waals surface area contributed by atoms with E-state index in [1.165, 1.54) is 0 Å². The Morgan fingerprint density at radius 1 is 1.50 bits per heavy atom. The highest BCUT2D eigenvalue weighted by molar-refractivity contribution is 7.46. The molecular formula is C8H18BO4P. The summed E-state index contributed by atoms with van der Waals surface area (Å²) in [5.41, 5.74) is 0. The van der Waals surface area contributed by atoms with E-state index in [-0.39, 0.29) is 12.5 Å². The fourth-order valence-corrected chi connectivity index (χ4v) is 1.58. The van der Waals surface area contributed by atoms with Gasteiger partial charge in [-0.2, -0.15) is 0 Å². The number of hydrogen-bond donors (Lipinski definition) is 2. The molecule has 0 aliphatic heterocycles. The van der Waals surface area contributed by atoms with Crippen LogP contribution in [-0.4, -0.2) is 24.2 Å². The third-order valence-corrected chi connectivity index (χ3v) is 2.73. The van der Waals surface area contributed by atoms with Crippen molar-refractivity contribution in [2.75, 3.05) is 6.61 Å². The van der Waals surface area contributed by atoms with Gasteiger partial charge in [-0.3, -0.25) is 4.52 Å². The number of rotatable bonds is 7. The van der Waals surface area contributed by atoms with Crippen molar-refractivity contribution in [2.24, 2.45) is 11.8 Å². The van der Waals surface area contributed by atoms with E-state index in [0.29, 0.717) is 12.2 Å². The highest BCUT2D eigenvalue weighted by Gasteiger charge is 2.18. The van der Waals surface area contributed by atoms with Gasteiger partial charge in [0, 0.05) is 0 Å². The van der Waals surface area contributed by atoms with Gasteiger partial charge in [0.05, 0.1) is 14.5 Å². The summed E-state index contributed by atoms with van der Waals surface area (Å²) >= 11 is 0. The molecule has 4 nitrogen and oxygen atoms in total. The molecule has 6 heteroatoms. The Kier molecular flexibility index (Phi) is 6.70. The van der Waals surface area contributed by atoms with Crippen LogP contribution in [0.5, 0.6) is 0 Å². The van der Waals surface area contributed by atoms with Crippen molar-refractivity contribution < 1.29 is 18.9 Å². The molecule has 82 valence electrons. The van der Waals surface area contributed by atoms with Crippen LogP contribution in [0.4, 0.5) is 0 Å². The van der Waals surface area contributed by atoms with E-state index < -0.39 is 7.82 Å². The van der Waals surface area contributed by atoms with Gasteiger partial charge in [0.1, 0.15) is 0 Å². The van der Waals surface area contributed by atoms with E-state index in [0.717, 1.165) is 12.8 Å². The second-order valence-electron chi connectivity index (χ2n) is 3.64. The van der Waals surface area contributed by atoms with Crippen LogP contribution in [0, 0.1) is 11.8 Å². The molecule has 0 heterocycles. The Balaban J connectivity index is 3.86. The van der Waals surface area contributed by atoms with Gasteiger partial charge < -0.3 is 9.79 Å². The molecule has 0 aliphatic carbocycles. The topological polar surface area (TPSA) is 66.8 Å². The highest BCUT2D eigenvalue weighted by atomic mass is 31.2. The molecule has 2 atom stereocenters. The van der Waals surface area contributed by atoms with E-state index in [1.807, 2.05) is 0 Å². The third kappa shape index (κ3) is 7.57. The van der Waals surface area contributed by atoms with Crippen molar-refractivity contribution in [3.05, 3.63) is 0 Å². The molecule has 0 rings (SSSR count). The standard InChI is InChI=1S/C8H18BO4P/c1-3-7(2)4-8(5-9)6-13-14(10,11)12/h7-8H,3-6H2,1-2H3,(H2,10,11,12). The number of hydrogen-bond acceptors (Lipinski definition) is 2. The van der Waals surface area contributed by atoms with Crippen LogP contribution in [0.2, 0.25) is 6.32 Å². The van der Waals surface area contributed by atoms with E-state index >= 15 is 0 Å². The summed E-state index contributed by atoms with van der Waals surface area (Å²) in [6, 6.07) is 0. The molecule has 0 bridgehead atoms. The molecule has 0 fully saturated rings. The first-order chi connectivity index (χ1) is 6.39. The first-order valence-electron chi connectivity index (χ1n) is 4.79. The lowest BCUT2D eigenvalue weighted by atomic mass is 9.85. The van der Waals surface area contributed by atoms with Crippen molar-refractivity contribution in [3.8, 4) is 0 Å². The summed E-state index contributed by atoms with van der Waals surface area (Å²) in [7, 11) is 1.13. The second kappa shape index (κ2) is 6.62. The maximum atomic E-state index is 10.4. The van der Waals surface area contributed by atoms with Crippen LogP contribution in [-0.2, 0) is 9.09 Å². The fraction of sp³-hybridized carbons (Fsp3) is 1.00. The Morgan fingerprint density at radius 2 is 2.07 bits per heavy atom. The van der Waals surface area contributed by atoms with E-state index in [9.17, 15) is 4.57 Å². The van der Waals surface area contributed by atoms with Crippen molar-refractivity contribution >= 4 is 15.7 Å². The summed E-state index contributed by atoms with van der Waals surface area (Å²) in [6.45, 7) is 4.19. The normalized spacial score (nSPS) is 16.6. The Labute approximate surface area is 86.7 Å². The van der Waals surface area contributed by atoms with Crippen molar-refractivity contribution in [1.82, 2.24) is 0 Å². The van der Waals surface area contributed by atoms with Gasteiger partial charge >= 0.3 is 7.82 Å². The fourth-order valence-electron chi connectivity index (χ4n) is 1.17. The average molecular weight is 220 g/mol. The number of phosphoric acid groups is 1. The van der Waals surface area contributed by atoms with E-state index in [4.69, 9.17) is 17.6 Å². The molecule has 0 amide bonds. The van der Waals surface area contributed by atoms with E-state index in [2.05, 4.69) is 18.4 Å². The Morgan fingerprint density at radius 3 is 2.43 bits per heavy atom. The van der Waals surface area contributed by atoms with Gasteiger partial charge in [-0.15, -0.1) is 0 Å². The molecule has 0 aliphatic rings. The van der Waals surface area contributed by atoms with Gasteiger partial charge in [0.2, 0.25) is 0 Å². The lowest BCUT2D eigenvalue weighted by molar-refractivity contribution is 0.163. The van der Waals surface area contributed by atoms with Gasteiger partial charge in [-0.05, 0) is 18.3 Å². The van der Waals surface area contributed by atoms with Crippen LogP contribution in [0.15, 0.2) is 0 Å². The summed E-state index contributed by atoms with van der Waals surface area (Å²) in [6.07, 6.45) is 2.27. The minimum absolute atomic E-state index is 0.0255. The lowest BCUT2D eigenvalue weighted by Gasteiger charge is -2.18. The zero-order valence-electron chi connectivity index (χ0n) is 8.72. The lowest BCUT2D eigenvalue weighted by Crippen LogP contribution is -2.12. The van der Waals surface area contributed by atoms with Crippen molar-refractivity contribution in [2.45, 2.75) is 33.0 Å². The SMILES string of the molecule is [B]CC(COP(=O)(O)O)CC(C)CC. The summed E-state index contributed by atoms with van der Waals surface area (Å²) in [5.74, 6) is 0.529. The van der Waals surface area contributed by atoms with Gasteiger partial charge in [0.25, 0.3) is 0 Å². The minimum Gasteiger partial charge on any atom is -0.303 e. The zero-order valence-corrected chi connectivity index (χ0v) is 9.61. The summed E-state index contributed by atoms with van der Waals surface area (Å²) in [5, 5.41) is 0. The molecule has 14 heavy (non-hydrogen) atoms. The van der Waals surface area contributed by atoms with Crippen LogP contribution in [0.3, 0.4) is 0 Å². The predicted molar refractivity (Wildman–Crippen MR) is 56.1 cm³/mol. The average Bonchev–Trinajstić information content (AvgIpc) is 2.10. The third-order valence-electron chi connectivity index (χ3n) is 2.24. The quantitative estimate of drug-likeness (QED) is 0.506. The first-order valence-corrected chi connectivity index (χ1v) is 6.32. The predicted octanol–water partition coefficient (Wildman–Crippen LogP) is 1.73. The number of phosphoric ester groups is 1. The minimum atomic E-state index is -4.34. The molecule has 2 unspecified atom stereocenters. The van der Waals surface area contributed by atoms with Crippen molar-refractivity contribution in [3.63, 3.8) is 0 Å². The molecule has 0 aromatic rings. The smallest absolute Gasteiger partial charge is 0.303 e. The van der Waals surface area contributed by atoms with Crippen molar-refractivity contribution in [1.29, 1.82) is 0 Å². The highest BCUT2D eigenvalue weighted by Crippen LogP contribution is 2.37. The van der Waals surface area contributed by atoms with Crippen LogP contribution in [0.25, 0.3) is 0 Å². The largest absolute Gasteiger partial charge is 0.469 e. The van der Waals surface area contributed by atoms with Gasteiger partial charge in [0.15, 0.2) is 0 Å². The zero-order chi connectivity index (χ0) is 11.2. The van der Waals surface area contributed by atoms with E-state index in [1.54, 1.807) is 0 Å². The van der Waals surface area contributed by atoms with Crippen LogP contribution >= 0.6 is 7.82 Å². The summed E-state index contributed by atoms with van der Waals surface area (Å²) < 4.78 is 14.9. The Bertz CT molecular complexity index is 194. The first kappa shape index (κ1) is 14.2. The van der Waals surface area contributed by atoms with Gasteiger partial charge in [-0.1, -0.05) is 26.6 Å². The van der Waals surface area contributed by atoms with Crippen LogP contribution in [0.1, 0.15) is 26.7 Å². The molecule has 0 aromatic carbocycles. The van der Waals surface area contributed by atoms with Crippen LogP contribution < -0.4 is 0 Å². The molecule has 0 aromatic heterocycles. The molecule has 0 spiro atoms.